The van der Waals surface area contributed by atoms with Gasteiger partial charge in [-0.2, -0.15) is 0 Å². The smallest absolute Gasteiger partial charge is 0.146 e. The van der Waals surface area contributed by atoms with E-state index in [4.69, 9.17) is 9.97 Å². The van der Waals surface area contributed by atoms with Crippen molar-refractivity contribution in [3.05, 3.63) is 103 Å². The summed E-state index contributed by atoms with van der Waals surface area (Å²) in [5, 5.41) is 4.79. The van der Waals surface area contributed by atoms with E-state index in [9.17, 15) is 0 Å². The highest BCUT2D eigenvalue weighted by Crippen LogP contribution is 2.33. The van der Waals surface area contributed by atoms with Gasteiger partial charge in [0.1, 0.15) is 5.65 Å². The average molecular weight is 395 g/mol. The number of rotatable bonds is 1. The van der Waals surface area contributed by atoms with Gasteiger partial charge in [0.05, 0.1) is 27.8 Å². The highest BCUT2D eigenvalue weighted by atomic mass is 15.0. The molecule has 0 spiro atoms. The van der Waals surface area contributed by atoms with E-state index < -0.39 is 0 Å². The van der Waals surface area contributed by atoms with Gasteiger partial charge in [-0.15, -0.1) is 0 Å². The Kier molecular flexibility index (Phi) is 3.27. The summed E-state index contributed by atoms with van der Waals surface area (Å²) in [5.74, 6) is 0. The number of fused-ring (bicyclic) bond motifs is 9. The van der Waals surface area contributed by atoms with Gasteiger partial charge in [0.15, 0.2) is 0 Å². The van der Waals surface area contributed by atoms with Gasteiger partial charge < -0.3 is 0 Å². The van der Waals surface area contributed by atoms with Crippen LogP contribution in [0, 0.1) is 0 Å². The van der Waals surface area contributed by atoms with Crippen LogP contribution in [0.1, 0.15) is 0 Å². The van der Waals surface area contributed by atoms with E-state index in [0.717, 1.165) is 38.8 Å². The molecule has 0 unspecified atom stereocenters. The molecule has 0 aliphatic carbocycles. The van der Waals surface area contributed by atoms with E-state index in [-0.39, 0.29) is 0 Å². The lowest BCUT2D eigenvalue weighted by atomic mass is 10.1. The van der Waals surface area contributed by atoms with Crippen molar-refractivity contribution in [3.63, 3.8) is 0 Å². The summed E-state index contributed by atoms with van der Waals surface area (Å²) in [6.07, 6.45) is 0. The van der Waals surface area contributed by atoms with E-state index in [2.05, 4.69) is 95.4 Å². The highest BCUT2D eigenvalue weighted by molar-refractivity contribution is 6.13. The van der Waals surface area contributed by atoms with Crippen molar-refractivity contribution in [2.24, 2.45) is 0 Å². The van der Waals surface area contributed by atoms with Crippen molar-refractivity contribution < 1.29 is 0 Å². The normalized spacial score (nSPS) is 11.9. The molecule has 3 nitrogen and oxygen atoms in total. The first-order chi connectivity index (χ1) is 15.4. The molecule has 0 amide bonds. The molecule has 144 valence electrons. The topological polar surface area (TPSA) is 30.2 Å². The zero-order valence-corrected chi connectivity index (χ0v) is 16.7. The van der Waals surface area contributed by atoms with Crippen LogP contribution >= 0.6 is 0 Å². The molecule has 0 saturated heterocycles. The Balaban J connectivity index is 1.56. The van der Waals surface area contributed by atoms with E-state index in [1.807, 2.05) is 12.1 Å². The molecule has 7 aromatic rings. The van der Waals surface area contributed by atoms with Gasteiger partial charge in [-0.05, 0) is 35.7 Å². The predicted octanol–water partition coefficient (Wildman–Crippen LogP) is 7.01. The first-order valence-electron chi connectivity index (χ1n) is 10.4. The first-order valence-corrected chi connectivity index (χ1v) is 10.4. The summed E-state index contributed by atoms with van der Waals surface area (Å²) in [6, 6.07) is 36.0. The molecule has 0 bridgehead atoms. The lowest BCUT2D eigenvalue weighted by Crippen LogP contribution is -1.91. The first kappa shape index (κ1) is 16.5. The van der Waals surface area contributed by atoms with Gasteiger partial charge >= 0.3 is 0 Å². The molecule has 0 aliphatic rings. The number of hydrogen-bond acceptors (Lipinski definition) is 2. The molecule has 31 heavy (non-hydrogen) atoms. The fraction of sp³-hybridized carbons (Fsp3) is 0. The zero-order chi connectivity index (χ0) is 20.4. The second-order valence-corrected chi connectivity index (χ2v) is 7.93. The molecule has 0 saturated carbocycles. The molecule has 3 heterocycles. The fourth-order valence-corrected chi connectivity index (χ4v) is 4.70. The molecule has 0 aliphatic heterocycles. The molecular formula is C28H17N3. The molecule has 0 N–H and O–H groups in total. The van der Waals surface area contributed by atoms with Crippen molar-refractivity contribution in [2.75, 3.05) is 0 Å². The monoisotopic (exact) mass is 395 g/mol. The van der Waals surface area contributed by atoms with Crippen LogP contribution in [0.2, 0.25) is 0 Å². The van der Waals surface area contributed by atoms with Gasteiger partial charge in [0.25, 0.3) is 0 Å². The fourth-order valence-electron chi connectivity index (χ4n) is 4.70. The molecule has 3 aromatic heterocycles. The zero-order valence-electron chi connectivity index (χ0n) is 16.7. The minimum atomic E-state index is 0.965. The largest absolute Gasteiger partial charge is 0.292 e. The summed E-state index contributed by atoms with van der Waals surface area (Å²) in [7, 11) is 0. The van der Waals surface area contributed by atoms with Crippen LogP contribution in [0.25, 0.3) is 60.5 Å². The summed E-state index contributed by atoms with van der Waals surface area (Å²) in [4.78, 5) is 9.95. The molecule has 4 aromatic carbocycles. The maximum absolute atomic E-state index is 5.08. The number of aromatic nitrogens is 3. The SMILES string of the molecule is c1ccc2nc(-c3ccc4c(c3)nc3c5ccccc5c5ccccc5n43)ccc2c1. The standard InChI is InChI=1S/C28H17N3/c1-5-11-23-18(7-1)13-15-24(29-23)19-14-16-27-25(17-19)30-28-22-10-3-2-8-20(22)21-9-4-6-12-26(21)31(27)28/h1-17H. The van der Waals surface area contributed by atoms with Crippen LogP contribution < -0.4 is 0 Å². The Bertz CT molecular complexity index is 1790. The maximum Gasteiger partial charge on any atom is 0.146 e. The Morgan fingerprint density at radius 3 is 2.23 bits per heavy atom. The third kappa shape index (κ3) is 2.34. The van der Waals surface area contributed by atoms with E-state index in [0.29, 0.717) is 0 Å². The van der Waals surface area contributed by atoms with Crippen LogP contribution in [0.4, 0.5) is 0 Å². The summed E-state index contributed by atoms with van der Waals surface area (Å²) in [6.45, 7) is 0. The molecule has 0 fully saturated rings. The second kappa shape index (κ2) is 6.13. The van der Waals surface area contributed by atoms with Gasteiger partial charge in [0, 0.05) is 21.7 Å². The number of para-hydroxylation sites is 2. The lowest BCUT2D eigenvalue weighted by Gasteiger charge is -2.08. The lowest BCUT2D eigenvalue weighted by molar-refractivity contribution is 1.31. The molecule has 0 radical (unpaired) electrons. The quantitative estimate of drug-likeness (QED) is 0.280. The highest BCUT2D eigenvalue weighted by Gasteiger charge is 2.14. The summed E-state index contributed by atoms with van der Waals surface area (Å²) < 4.78 is 2.28. The van der Waals surface area contributed by atoms with Crippen molar-refractivity contribution in [3.8, 4) is 11.3 Å². The Morgan fingerprint density at radius 2 is 1.29 bits per heavy atom. The van der Waals surface area contributed by atoms with Crippen LogP contribution in [0.15, 0.2) is 103 Å². The Labute approximate surface area is 178 Å². The second-order valence-electron chi connectivity index (χ2n) is 7.93. The minimum absolute atomic E-state index is 0.965. The summed E-state index contributed by atoms with van der Waals surface area (Å²) in [5.41, 5.74) is 7.31. The number of benzene rings is 4. The molecule has 7 rings (SSSR count). The maximum atomic E-state index is 5.08. The average Bonchev–Trinajstić information content (AvgIpc) is 3.23. The third-order valence-corrected chi connectivity index (χ3v) is 6.15. The van der Waals surface area contributed by atoms with Crippen molar-refractivity contribution >= 4 is 49.3 Å². The van der Waals surface area contributed by atoms with Crippen LogP contribution in [0.5, 0.6) is 0 Å². The van der Waals surface area contributed by atoms with Crippen molar-refractivity contribution in [1.82, 2.24) is 14.4 Å². The molecular weight excluding hydrogens is 378 g/mol. The van der Waals surface area contributed by atoms with Crippen LogP contribution in [-0.4, -0.2) is 14.4 Å². The predicted molar refractivity (Wildman–Crippen MR) is 128 cm³/mol. The Morgan fingerprint density at radius 1 is 0.516 bits per heavy atom. The minimum Gasteiger partial charge on any atom is -0.292 e. The van der Waals surface area contributed by atoms with E-state index >= 15 is 0 Å². The molecule has 0 atom stereocenters. The van der Waals surface area contributed by atoms with Gasteiger partial charge in [-0.25, -0.2) is 9.97 Å². The van der Waals surface area contributed by atoms with Gasteiger partial charge in [-0.1, -0.05) is 72.8 Å². The molecule has 3 heteroatoms. The van der Waals surface area contributed by atoms with Crippen molar-refractivity contribution in [2.45, 2.75) is 0 Å². The van der Waals surface area contributed by atoms with Crippen molar-refractivity contribution in [1.29, 1.82) is 0 Å². The van der Waals surface area contributed by atoms with Crippen LogP contribution in [0.3, 0.4) is 0 Å². The van der Waals surface area contributed by atoms with Gasteiger partial charge in [-0.3, -0.25) is 4.40 Å². The van der Waals surface area contributed by atoms with Gasteiger partial charge in [0.2, 0.25) is 0 Å². The van der Waals surface area contributed by atoms with Crippen LogP contribution in [-0.2, 0) is 0 Å². The number of hydrogen-bond donors (Lipinski definition) is 0. The van der Waals surface area contributed by atoms with E-state index in [1.54, 1.807) is 0 Å². The van der Waals surface area contributed by atoms with E-state index in [1.165, 1.54) is 21.7 Å². The summed E-state index contributed by atoms with van der Waals surface area (Å²) >= 11 is 0. The number of pyridine rings is 2. The number of nitrogens with zero attached hydrogens (tertiary/aromatic N) is 3. The number of imidazole rings is 1. The third-order valence-electron chi connectivity index (χ3n) is 6.15. The Hall–Kier alpha value is -4.24.